The molecule has 0 atom stereocenters. The van der Waals surface area contributed by atoms with E-state index in [0.29, 0.717) is 16.5 Å². The van der Waals surface area contributed by atoms with Gasteiger partial charge in [0.1, 0.15) is 11.5 Å². The van der Waals surface area contributed by atoms with Crippen molar-refractivity contribution in [3.63, 3.8) is 0 Å². The minimum Gasteiger partial charge on any atom is -0.496 e. The molecule has 4 nitrogen and oxygen atoms in total. The van der Waals surface area contributed by atoms with E-state index in [1.807, 2.05) is 25.5 Å². The van der Waals surface area contributed by atoms with Crippen LogP contribution in [0.2, 0.25) is 5.02 Å². The van der Waals surface area contributed by atoms with E-state index < -0.39 is 0 Å². The van der Waals surface area contributed by atoms with Crippen LogP contribution in [-0.4, -0.2) is 21.3 Å². The number of rotatable bonds is 6. The monoisotopic (exact) mass is 324 g/mol. The van der Waals surface area contributed by atoms with Crippen molar-refractivity contribution in [1.82, 2.24) is 10.6 Å². The molecule has 1 aromatic rings. The van der Waals surface area contributed by atoms with Crippen molar-refractivity contribution in [2.75, 3.05) is 21.3 Å². The molecule has 0 heterocycles. The average Bonchev–Trinajstić information content (AvgIpc) is 2.46. The smallest absolute Gasteiger partial charge is 0.141 e. The average molecular weight is 325 g/mol. The first kappa shape index (κ1) is 18.2. The third-order valence-electron chi connectivity index (χ3n) is 2.94. The van der Waals surface area contributed by atoms with Gasteiger partial charge < -0.3 is 20.1 Å². The Kier molecular flexibility index (Phi) is 6.62. The van der Waals surface area contributed by atoms with Gasteiger partial charge in [0, 0.05) is 24.9 Å². The number of allylic oxidation sites excluding steroid dienone is 1. The Balaban J connectivity index is 3.09. The molecule has 0 saturated heterocycles. The van der Waals surface area contributed by atoms with Crippen LogP contribution >= 0.6 is 11.6 Å². The van der Waals surface area contributed by atoms with Crippen LogP contribution < -0.4 is 20.1 Å². The van der Waals surface area contributed by atoms with Gasteiger partial charge in [-0.3, -0.25) is 0 Å². The summed E-state index contributed by atoms with van der Waals surface area (Å²) >= 11 is 6.21. The Bertz CT molecular complexity index is 561. The molecule has 2 N–H and O–H groups in total. The van der Waals surface area contributed by atoms with E-state index in [2.05, 4.69) is 37.5 Å². The fourth-order valence-corrected chi connectivity index (χ4v) is 2.03. The zero-order valence-electron chi connectivity index (χ0n) is 14.1. The summed E-state index contributed by atoms with van der Waals surface area (Å²) in [5, 5.41) is 6.83. The van der Waals surface area contributed by atoms with Crippen molar-refractivity contribution in [1.29, 1.82) is 0 Å². The van der Waals surface area contributed by atoms with E-state index >= 15 is 0 Å². The zero-order chi connectivity index (χ0) is 16.8. The van der Waals surface area contributed by atoms with Crippen LogP contribution in [-0.2, 0) is 0 Å². The Morgan fingerprint density at radius 2 is 1.77 bits per heavy atom. The second kappa shape index (κ2) is 7.99. The third-order valence-corrected chi connectivity index (χ3v) is 3.24. The normalized spacial score (nSPS) is 12.4. The minimum atomic E-state index is 0.127. The number of methoxy groups -OCH3 is 2. The number of benzene rings is 1. The van der Waals surface area contributed by atoms with Crippen LogP contribution in [0.1, 0.15) is 26.3 Å². The van der Waals surface area contributed by atoms with Gasteiger partial charge in [-0.2, -0.15) is 0 Å². The molecular weight excluding hydrogens is 300 g/mol. The molecule has 0 fully saturated rings. The van der Waals surface area contributed by atoms with E-state index in [4.69, 9.17) is 21.1 Å². The molecule has 0 aliphatic carbocycles. The summed E-state index contributed by atoms with van der Waals surface area (Å²) in [6.45, 7) is 6.42. The number of nitrogens with one attached hydrogen (secondary N) is 2. The van der Waals surface area contributed by atoms with E-state index in [9.17, 15) is 0 Å². The second-order valence-corrected chi connectivity index (χ2v) is 6.27. The van der Waals surface area contributed by atoms with Gasteiger partial charge in [0.05, 0.1) is 24.9 Å². The van der Waals surface area contributed by atoms with Gasteiger partial charge in [0.25, 0.3) is 0 Å². The first-order valence-electron chi connectivity index (χ1n) is 7.06. The highest BCUT2D eigenvalue weighted by molar-refractivity contribution is 6.32. The Morgan fingerprint density at radius 3 is 2.27 bits per heavy atom. The summed E-state index contributed by atoms with van der Waals surface area (Å²) in [6.07, 6.45) is 5.87. The lowest BCUT2D eigenvalue weighted by Crippen LogP contribution is -2.10. The fraction of sp³-hybridized carbons (Fsp3) is 0.412. The summed E-state index contributed by atoms with van der Waals surface area (Å²) < 4.78 is 10.6. The second-order valence-electron chi connectivity index (χ2n) is 5.86. The lowest BCUT2D eigenvalue weighted by Gasteiger charge is -2.15. The molecule has 5 heteroatoms. The molecule has 0 aliphatic heterocycles. The molecular formula is C17H25ClN2O2. The largest absolute Gasteiger partial charge is 0.496 e. The highest BCUT2D eigenvalue weighted by atomic mass is 35.5. The van der Waals surface area contributed by atoms with Crippen molar-refractivity contribution in [2.24, 2.45) is 5.41 Å². The summed E-state index contributed by atoms with van der Waals surface area (Å²) in [7, 11) is 5.04. The van der Waals surface area contributed by atoms with Crippen LogP contribution in [0.5, 0.6) is 11.5 Å². The Hall–Kier alpha value is -1.81. The van der Waals surface area contributed by atoms with Gasteiger partial charge in [0.2, 0.25) is 0 Å². The van der Waals surface area contributed by atoms with Gasteiger partial charge in [-0.15, -0.1) is 0 Å². The molecule has 1 aromatic carbocycles. The van der Waals surface area contributed by atoms with Crippen LogP contribution in [0, 0.1) is 5.41 Å². The first-order valence-corrected chi connectivity index (χ1v) is 7.43. The summed E-state index contributed by atoms with van der Waals surface area (Å²) in [6, 6.07) is 3.59. The van der Waals surface area contributed by atoms with Crippen molar-refractivity contribution in [3.8, 4) is 11.5 Å². The minimum absolute atomic E-state index is 0.127. The molecule has 1 rings (SSSR count). The predicted molar refractivity (Wildman–Crippen MR) is 93.3 cm³/mol. The Morgan fingerprint density at radius 1 is 1.14 bits per heavy atom. The predicted octanol–water partition coefficient (Wildman–Crippen LogP) is 4.02. The summed E-state index contributed by atoms with van der Waals surface area (Å²) in [5.74, 6) is 1.27. The van der Waals surface area contributed by atoms with Crippen LogP contribution in [0.25, 0.3) is 5.70 Å². The van der Waals surface area contributed by atoms with E-state index in [-0.39, 0.29) is 5.41 Å². The van der Waals surface area contributed by atoms with E-state index in [1.54, 1.807) is 20.3 Å². The van der Waals surface area contributed by atoms with Gasteiger partial charge in [-0.05, 0) is 17.7 Å². The van der Waals surface area contributed by atoms with Crippen molar-refractivity contribution in [2.45, 2.75) is 20.8 Å². The standard InChI is InChI=1S/C17H25ClN2O2/c1-17(2,3)7-8-20-11-14(19-4)12-9-13(18)16(22-6)10-15(12)21-5/h7-11,19-20H,1-6H3/b8-7-,14-11-. The quantitative estimate of drug-likeness (QED) is 0.829. The maximum Gasteiger partial charge on any atom is 0.141 e. The van der Waals surface area contributed by atoms with Crippen LogP contribution in [0.3, 0.4) is 0 Å². The molecule has 0 unspecified atom stereocenters. The summed E-state index contributed by atoms with van der Waals surface area (Å²) in [4.78, 5) is 0. The molecule has 0 spiro atoms. The molecule has 0 aliphatic rings. The van der Waals surface area contributed by atoms with Crippen molar-refractivity contribution >= 4 is 17.3 Å². The van der Waals surface area contributed by atoms with Gasteiger partial charge in [-0.25, -0.2) is 0 Å². The third kappa shape index (κ3) is 5.19. The van der Waals surface area contributed by atoms with Crippen molar-refractivity contribution < 1.29 is 9.47 Å². The first-order chi connectivity index (χ1) is 10.3. The number of hydrogen-bond acceptors (Lipinski definition) is 4. The molecule has 0 radical (unpaired) electrons. The fourth-order valence-electron chi connectivity index (χ4n) is 1.78. The number of ether oxygens (including phenoxy) is 2. The number of halogens is 1. The topological polar surface area (TPSA) is 42.5 Å². The van der Waals surface area contributed by atoms with Crippen molar-refractivity contribution in [3.05, 3.63) is 41.2 Å². The van der Waals surface area contributed by atoms with Gasteiger partial charge in [-0.1, -0.05) is 38.4 Å². The molecule has 122 valence electrons. The highest BCUT2D eigenvalue weighted by Gasteiger charge is 2.12. The highest BCUT2D eigenvalue weighted by Crippen LogP contribution is 2.35. The lowest BCUT2D eigenvalue weighted by atomic mass is 9.97. The van der Waals surface area contributed by atoms with E-state index in [1.165, 1.54) is 0 Å². The lowest BCUT2D eigenvalue weighted by molar-refractivity contribution is 0.393. The van der Waals surface area contributed by atoms with E-state index in [0.717, 1.165) is 11.3 Å². The van der Waals surface area contributed by atoms with Gasteiger partial charge in [0.15, 0.2) is 0 Å². The SMILES string of the molecule is CN/C(=C\N/C=C\C(C)(C)C)c1cc(Cl)c(OC)cc1OC. The van der Waals surface area contributed by atoms with Gasteiger partial charge >= 0.3 is 0 Å². The molecule has 0 bridgehead atoms. The van der Waals surface area contributed by atoms with Crippen LogP contribution in [0.4, 0.5) is 0 Å². The maximum absolute atomic E-state index is 6.21. The molecule has 0 aromatic heterocycles. The maximum atomic E-state index is 6.21. The molecule has 22 heavy (non-hydrogen) atoms. The molecule has 0 amide bonds. The zero-order valence-corrected chi connectivity index (χ0v) is 14.8. The molecule has 0 saturated carbocycles. The number of hydrogen-bond donors (Lipinski definition) is 2. The van der Waals surface area contributed by atoms with Crippen LogP contribution in [0.15, 0.2) is 30.6 Å². The summed E-state index contributed by atoms with van der Waals surface area (Å²) in [5.41, 5.74) is 1.84. The Labute approximate surface area is 138 Å².